The molecule has 1 fully saturated rings. The van der Waals surface area contributed by atoms with Crippen molar-refractivity contribution >= 4 is 34.0 Å². The number of carbonyl (C=O) groups is 2. The first kappa shape index (κ1) is 20.8. The van der Waals surface area contributed by atoms with Gasteiger partial charge < -0.3 is 10.2 Å². The summed E-state index contributed by atoms with van der Waals surface area (Å²) in [6.45, 7) is 3.10. The Labute approximate surface area is 180 Å². The topological polar surface area (TPSA) is 84.3 Å². The van der Waals surface area contributed by atoms with E-state index in [1.807, 2.05) is 18.2 Å². The van der Waals surface area contributed by atoms with Crippen molar-refractivity contribution in [2.45, 2.75) is 39.2 Å². The molecule has 160 valence electrons. The summed E-state index contributed by atoms with van der Waals surface area (Å²) in [7, 11) is 0. The molecule has 4 rings (SSSR count). The SMILES string of the molecule is CC(=O)c1ccc(NC(=O)Cn2nc(N3CCCCCC3)c3ccccc3c2=O)cc1. The molecule has 0 radical (unpaired) electrons. The van der Waals surface area contributed by atoms with Crippen molar-refractivity contribution < 1.29 is 9.59 Å². The molecule has 7 nitrogen and oxygen atoms in total. The van der Waals surface area contributed by atoms with E-state index in [0.717, 1.165) is 37.1 Å². The van der Waals surface area contributed by atoms with Gasteiger partial charge in [0.15, 0.2) is 11.6 Å². The fraction of sp³-hybridized carbons (Fsp3) is 0.333. The predicted molar refractivity (Wildman–Crippen MR) is 122 cm³/mol. The fourth-order valence-corrected chi connectivity index (χ4v) is 3.97. The van der Waals surface area contributed by atoms with Crippen molar-refractivity contribution in [2.75, 3.05) is 23.3 Å². The zero-order valence-electron chi connectivity index (χ0n) is 17.6. The van der Waals surface area contributed by atoms with E-state index in [1.54, 1.807) is 30.3 Å². The van der Waals surface area contributed by atoms with Crippen LogP contribution >= 0.6 is 0 Å². The summed E-state index contributed by atoms with van der Waals surface area (Å²) in [5, 5.41) is 8.78. The standard InChI is InChI=1S/C24H26N4O3/c1-17(29)18-10-12-19(13-11-18)25-22(30)16-28-24(31)21-9-5-4-8-20(21)23(26-28)27-14-6-2-3-7-15-27/h4-5,8-13H,2-3,6-7,14-16H2,1H3,(H,25,30). The van der Waals surface area contributed by atoms with Gasteiger partial charge in [-0.25, -0.2) is 4.68 Å². The number of Topliss-reactive ketones (excluding diaryl/α,β-unsaturated/α-hetero) is 1. The average molecular weight is 418 g/mol. The second kappa shape index (κ2) is 9.12. The number of aromatic nitrogens is 2. The van der Waals surface area contributed by atoms with Crippen LogP contribution in [0.1, 0.15) is 43.0 Å². The smallest absolute Gasteiger partial charge is 0.275 e. The lowest BCUT2D eigenvalue weighted by Crippen LogP contribution is -2.33. The Bertz CT molecular complexity index is 1160. The number of nitrogens with zero attached hydrogens (tertiary/aromatic N) is 3. The summed E-state index contributed by atoms with van der Waals surface area (Å²) in [4.78, 5) is 39.3. The number of rotatable bonds is 5. The van der Waals surface area contributed by atoms with Crippen molar-refractivity contribution in [1.82, 2.24) is 9.78 Å². The number of anilines is 2. The van der Waals surface area contributed by atoms with E-state index < -0.39 is 0 Å². The number of hydrogen-bond acceptors (Lipinski definition) is 5. The Morgan fingerprint density at radius 2 is 1.58 bits per heavy atom. The first-order valence-electron chi connectivity index (χ1n) is 10.7. The average Bonchev–Trinajstić information content (AvgIpc) is 3.05. The van der Waals surface area contributed by atoms with E-state index >= 15 is 0 Å². The van der Waals surface area contributed by atoms with Crippen molar-refractivity contribution in [3.63, 3.8) is 0 Å². The molecule has 0 saturated carbocycles. The zero-order chi connectivity index (χ0) is 21.8. The van der Waals surface area contributed by atoms with Crippen molar-refractivity contribution in [2.24, 2.45) is 0 Å². The number of hydrogen-bond donors (Lipinski definition) is 1. The summed E-state index contributed by atoms with van der Waals surface area (Å²) in [6.07, 6.45) is 4.57. The quantitative estimate of drug-likeness (QED) is 0.640. The Kier molecular flexibility index (Phi) is 6.11. The predicted octanol–water partition coefficient (Wildman–Crippen LogP) is 3.62. The van der Waals surface area contributed by atoms with Gasteiger partial charge in [-0.2, -0.15) is 5.10 Å². The molecule has 7 heteroatoms. The molecular weight excluding hydrogens is 392 g/mol. The van der Waals surface area contributed by atoms with E-state index in [4.69, 9.17) is 0 Å². The lowest BCUT2D eigenvalue weighted by Gasteiger charge is -2.23. The Balaban J connectivity index is 1.62. The number of amides is 1. The number of carbonyl (C=O) groups excluding carboxylic acids is 2. The highest BCUT2D eigenvalue weighted by Gasteiger charge is 2.18. The van der Waals surface area contributed by atoms with Gasteiger partial charge in [0, 0.05) is 29.7 Å². The molecule has 1 saturated heterocycles. The lowest BCUT2D eigenvalue weighted by atomic mass is 10.1. The van der Waals surface area contributed by atoms with Crippen LogP contribution < -0.4 is 15.8 Å². The molecule has 0 aliphatic carbocycles. The first-order valence-corrected chi connectivity index (χ1v) is 10.7. The first-order chi connectivity index (χ1) is 15.0. The van der Waals surface area contributed by atoms with E-state index in [9.17, 15) is 14.4 Å². The largest absolute Gasteiger partial charge is 0.355 e. The Morgan fingerprint density at radius 3 is 2.23 bits per heavy atom. The van der Waals surface area contributed by atoms with Crippen LogP contribution in [0.5, 0.6) is 0 Å². The third-order valence-electron chi connectivity index (χ3n) is 5.62. The molecule has 1 aliphatic heterocycles. The highest BCUT2D eigenvalue weighted by atomic mass is 16.2. The van der Waals surface area contributed by atoms with Crippen LogP contribution in [0.3, 0.4) is 0 Å². The molecule has 2 aromatic carbocycles. The van der Waals surface area contributed by atoms with E-state index in [1.165, 1.54) is 24.4 Å². The second-order valence-corrected chi connectivity index (χ2v) is 7.91. The normalized spacial score (nSPS) is 14.3. The minimum Gasteiger partial charge on any atom is -0.355 e. The molecule has 0 spiro atoms. The minimum atomic E-state index is -0.345. The van der Waals surface area contributed by atoms with Crippen LogP contribution in [0, 0.1) is 0 Å². The molecule has 2 heterocycles. The monoisotopic (exact) mass is 418 g/mol. The van der Waals surface area contributed by atoms with Gasteiger partial charge in [-0.05, 0) is 50.1 Å². The summed E-state index contributed by atoms with van der Waals surface area (Å²) in [5.41, 5.74) is 0.861. The molecule has 0 bridgehead atoms. The Morgan fingerprint density at radius 1 is 0.935 bits per heavy atom. The highest BCUT2D eigenvalue weighted by molar-refractivity contribution is 5.96. The van der Waals surface area contributed by atoms with E-state index in [-0.39, 0.29) is 23.8 Å². The van der Waals surface area contributed by atoms with Gasteiger partial charge in [-0.3, -0.25) is 14.4 Å². The van der Waals surface area contributed by atoms with E-state index in [2.05, 4.69) is 15.3 Å². The highest BCUT2D eigenvalue weighted by Crippen LogP contribution is 2.24. The van der Waals surface area contributed by atoms with Crippen LogP contribution in [0.15, 0.2) is 53.3 Å². The van der Waals surface area contributed by atoms with Crippen LogP contribution in [0.2, 0.25) is 0 Å². The second-order valence-electron chi connectivity index (χ2n) is 7.91. The molecular formula is C24H26N4O3. The number of fused-ring (bicyclic) bond motifs is 1. The molecule has 0 atom stereocenters. The molecule has 1 N–H and O–H groups in total. The Hall–Kier alpha value is -3.48. The molecule has 3 aromatic rings. The van der Waals surface area contributed by atoms with Crippen LogP contribution in [0.4, 0.5) is 11.5 Å². The molecule has 1 aliphatic rings. The van der Waals surface area contributed by atoms with Crippen LogP contribution in [0.25, 0.3) is 10.8 Å². The lowest BCUT2D eigenvalue weighted by molar-refractivity contribution is -0.117. The minimum absolute atomic E-state index is 0.0363. The van der Waals surface area contributed by atoms with Gasteiger partial charge >= 0.3 is 0 Å². The molecule has 31 heavy (non-hydrogen) atoms. The van der Waals surface area contributed by atoms with Gasteiger partial charge in [-0.15, -0.1) is 0 Å². The zero-order valence-corrected chi connectivity index (χ0v) is 17.6. The maximum Gasteiger partial charge on any atom is 0.275 e. The molecule has 0 unspecified atom stereocenters. The number of nitrogens with one attached hydrogen (secondary N) is 1. The third-order valence-corrected chi connectivity index (χ3v) is 5.62. The third kappa shape index (κ3) is 4.66. The number of ketones is 1. The van der Waals surface area contributed by atoms with Crippen molar-refractivity contribution in [3.8, 4) is 0 Å². The van der Waals surface area contributed by atoms with Crippen molar-refractivity contribution in [1.29, 1.82) is 0 Å². The van der Waals surface area contributed by atoms with E-state index in [0.29, 0.717) is 16.6 Å². The number of benzene rings is 2. The molecule has 1 aromatic heterocycles. The van der Waals surface area contributed by atoms with Gasteiger partial charge in [0.25, 0.3) is 5.56 Å². The van der Waals surface area contributed by atoms with Gasteiger partial charge in [0.05, 0.1) is 5.39 Å². The maximum atomic E-state index is 13.0. The summed E-state index contributed by atoms with van der Waals surface area (Å²) in [6, 6.07) is 14.1. The van der Waals surface area contributed by atoms with Gasteiger partial charge in [0.2, 0.25) is 5.91 Å². The van der Waals surface area contributed by atoms with Crippen LogP contribution in [-0.4, -0.2) is 34.6 Å². The van der Waals surface area contributed by atoms with Gasteiger partial charge in [-0.1, -0.05) is 31.0 Å². The fourth-order valence-electron chi connectivity index (χ4n) is 3.97. The summed E-state index contributed by atoms with van der Waals surface area (Å²) in [5.74, 6) is 0.379. The van der Waals surface area contributed by atoms with Gasteiger partial charge in [0.1, 0.15) is 6.54 Å². The maximum absolute atomic E-state index is 13.0. The van der Waals surface area contributed by atoms with Crippen LogP contribution in [-0.2, 0) is 11.3 Å². The molecule has 1 amide bonds. The summed E-state index contributed by atoms with van der Waals surface area (Å²) < 4.78 is 1.25. The summed E-state index contributed by atoms with van der Waals surface area (Å²) >= 11 is 0. The van der Waals surface area contributed by atoms with Crippen molar-refractivity contribution in [3.05, 3.63) is 64.4 Å².